The van der Waals surface area contributed by atoms with E-state index in [-0.39, 0.29) is 10.9 Å². The molecule has 1 atom stereocenters. The van der Waals surface area contributed by atoms with E-state index in [0.717, 1.165) is 25.2 Å². The first-order chi connectivity index (χ1) is 14.1. The lowest BCUT2D eigenvalue weighted by Gasteiger charge is -2.31. The highest BCUT2D eigenvalue weighted by Crippen LogP contribution is 2.24. The highest BCUT2D eigenvalue weighted by atomic mass is 32.2. The lowest BCUT2D eigenvalue weighted by atomic mass is 10.1. The van der Waals surface area contributed by atoms with Crippen LogP contribution in [0.2, 0.25) is 0 Å². The van der Waals surface area contributed by atoms with Crippen LogP contribution in [0.15, 0.2) is 46.0 Å². The van der Waals surface area contributed by atoms with Gasteiger partial charge in [-0.2, -0.15) is 0 Å². The molecule has 0 amide bonds. The lowest BCUT2D eigenvalue weighted by Crippen LogP contribution is -2.38. The van der Waals surface area contributed by atoms with Gasteiger partial charge in [0.2, 0.25) is 0 Å². The number of nitrogens with zero attached hydrogens (tertiary/aromatic N) is 6. The first-order valence-corrected chi connectivity index (χ1v) is 13.7. The largest absolute Gasteiger partial charge is 0.354 e. The van der Waals surface area contributed by atoms with Gasteiger partial charge in [0.05, 0.1) is 17.1 Å². The third-order valence-corrected chi connectivity index (χ3v) is 6.80. The second-order valence-electron chi connectivity index (χ2n) is 7.78. The van der Waals surface area contributed by atoms with Gasteiger partial charge in [0.15, 0.2) is 15.7 Å². The molecule has 3 aromatic rings. The second-order valence-corrected chi connectivity index (χ2v) is 12.4. The first-order valence-electron chi connectivity index (χ1n) is 9.52. The van der Waals surface area contributed by atoms with E-state index in [1.807, 2.05) is 6.07 Å². The number of sulfone groups is 1. The number of hydrogen-bond acceptors (Lipinski definition) is 8. The third kappa shape index (κ3) is 4.46. The molecule has 0 aliphatic carbocycles. The summed E-state index contributed by atoms with van der Waals surface area (Å²) in [5.74, 6) is 1.22. The van der Waals surface area contributed by atoms with Crippen molar-refractivity contribution in [2.24, 2.45) is 4.36 Å². The number of pyridine rings is 1. The number of aromatic nitrogens is 4. The van der Waals surface area contributed by atoms with Gasteiger partial charge < -0.3 is 4.90 Å². The van der Waals surface area contributed by atoms with Gasteiger partial charge >= 0.3 is 0 Å². The molecule has 9 nitrogen and oxygen atoms in total. The van der Waals surface area contributed by atoms with Crippen LogP contribution < -0.4 is 4.90 Å². The second kappa shape index (κ2) is 7.62. The summed E-state index contributed by atoms with van der Waals surface area (Å²) in [7, 11) is -5.51. The Morgan fingerprint density at radius 2 is 1.90 bits per heavy atom. The summed E-state index contributed by atoms with van der Waals surface area (Å²) >= 11 is 0. The lowest BCUT2D eigenvalue weighted by molar-refractivity contribution is 0.506. The van der Waals surface area contributed by atoms with Crippen LogP contribution in [0.3, 0.4) is 0 Å². The Balaban J connectivity index is 1.70. The highest BCUT2D eigenvalue weighted by Gasteiger charge is 2.22. The monoisotopic (exact) mass is 448 g/mol. The van der Waals surface area contributed by atoms with Crippen LogP contribution in [-0.4, -0.2) is 69.9 Å². The molecule has 0 N–H and O–H groups in total. The fourth-order valence-electron chi connectivity index (χ4n) is 3.60. The minimum Gasteiger partial charge on any atom is -0.354 e. The molecule has 1 fully saturated rings. The van der Waals surface area contributed by atoms with Crippen LogP contribution in [0, 0.1) is 0 Å². The van der Waals surface area contributed by atoms with E-state index in [0.29, 0.717) is 23.7 Å². The highest BCUT2D eigenvalue weighted by molar-refractivity contribution is 7.92. The van der Waals surface area contributed by atoms with Crippen LogP contribution in [-0.2, 0) is 19.6 Å². The van der Waals surface area contributed by atoms with Crippen LogP contribution in [0.5, 0.6) is 0 Å². The van der Waals surface area contributed by atoms with Crippen LogP contribution in [0.25, 0.3) is 17.2 Å². The van der Waals surface area contributed by atoms with Gasteiger partial charge in [-0.15, -0.1) is 0 Å². The Bertz CT molecular complexity index is 1320. The molecule has 160 valence electrons. The van der Waals surface area contributed by atoms with E-state index in [1.54, 1.807) is 35.4 Å². The summed E-state index contributed by atoms with van der Waals surface area (Å²) in [6.45, 7) is 1.49. The molecule has 4 heterocycles. The maximum absolute atomic E-state index is 12.1. The normalized spacial score (nSPS) is 18.0. The quantitative estimate of drug-likeness (QED) is 0.599. The summed E-state index contributed by atoms with van der Waals surface area (Å²) in [6.07, 6.45) is 11.2. The van der Waals surface area contributed by atoms with E-state index in [4.69, 9.17) is 4.98 Å². The van der Waals surface area contributed by atoms with E-state index in [1.165, 1.54) is 18.5 Å². The minimum atomic E-state index is -3.35. The van der Waals surface area contributed by atoms with Gasteiger partial charge in [-0.05, 0) is 31.0 Å². The summed E-state index contributed by atoms with van der Waals surface area (Å²) in [5.41, 5.74) is 1.23. The van der Waals surface area contributed by atoms with E-state index in [9.17, 15) is 12.6 Å². The molecule has 11 heteroatoms. The van der Waals surface area contributed by atoms with Crippen LogP contribution in [0.4, 0.5) is 5.82 Å². The van der Waals surface area contributed by atoms with E-state index in [2.05, 4.69) is 19.2 Å². The molecular formula is C19H24N6O3S2. The van der Waals surface area contributed by atoms with Crippen molar-refractivity contribution >= 4 is 31.0 Å². The number of imidazole rings is 1. The van der Waals surface area contributed by atoms with Crippen molar-refractivity contribution < 1.29 is 12.6 Å². The summed E-state index contributed by atoms with van der Waals surface area (Å²) in [4.78, 5) is 15.8. The molecule has 4 rings (SSSR count). The molecule has 0 radical (unpaired) electrons. The summed E-state index contributed by atoms with van der Waals surface area (Å²) < 4.78 is 42.1. The van der Waals surface area contributed by atoms with Crippen molar-refractivity contribution in [3.63, 3.8) is 0 Å². The molecule has 3 aromatic heterocycles. The Morgan fingerprint density at radius 3 is 2.63 bits per heavy atom. The topological polar surface area (TPSA) is 110 Å². The van der Waals surface area contributed by atoms with Crippen molar-refractivity contribution in [1.29, 1.82) is 0 Å². The van der Waals surface area contributed by atoms with Gasteiger partial charge in [0.25, 0.3) is 0 Å². The average Bonchev–Trinajstić information content (AvgIpc) is 3.09. The van der Waals surface area contributed by atoms with Crippen molar-refractivity contribution in [2.75, 3.05) is 36.8 Å². The number of hydrogen-bond donors (Lipinski definition) is 0. The number of fused-ring (bicyclic) bond motifs is 1. The van der Waals surface area contributed by atoms with Crippen molar-refractivity contribution in [3.8, 4) is 11.5 Å². The predicted octanol–water partition coefficient (Wildman–Crippen LogP) is 1.89. The number of anilines is 1. The van der Waals surface area contributed by atoms with Gasteiger partial charge in [-0.25, -0.2) is 27.7 Å². The maximum Gasteiger partial charge on any atom is 0.180 e. The molecule has 0 aromatic carbocycles. The average molecular weight is 449 g/mol. The molecule has 0 saturated carbocycles. The zero-order chi connectivity index (χ0) is 21.5. The van der Waals surface area contributed by atoms with Gasteiger partial charge in [-0.1, -0.05) is 0 Å². The van der Waals surface area contributed by atoms with Crippen molar-refractivity contribution in [2.45, 2.75) is 23.8 Å². The van der Waals surface area contributed by atoms with Gasteiger partial charge in [0, 0.05) is 54.0 Å². The van der Waals surface area contributed by atoms with Crippen LogP contribution in [0.1, 0.15) is 12.8 Å². The Kier molecular flexibility index (Phi) is 5.27. The van der Waals surface area contributed by atoms with Gasteiger partial charge in [-0.3, -0.25) is 8.61 Å². The predicted molar refractivity (Wildman–Crippen MR) is 117 cm³/mol. The number of piperidine rings is 1. The molecular weight excluding hydrogens is 424 g/mol. The standard InChI is InChI=1S/C19H24N6O3S2/c1-29(2,26)23-14-5-4-10-24(12-14)18-8-9-20-19(22-18)16-11-21-17-7-6-15(13-25(16)17)30(3,27)28/h6-9,11,13-14H,4-5,10,12H2,1-3H3/t14-/m1/s1. The fraction of sp³-hybridized carbons (Fsp3) is 0.421. The van der Waals surface area contributed by atoms with E-state index < -0.39 is 19.6 Å². The molecule has 0 unspecified atom stereocenters. The van der Waals surface area contributed by atoms with E-state index >= 15 is 0 Å². The molecule has 30 heavy (non-hydrogen) atoms. The molecule has 0 spiro atoms. The Hall–Kier alpha value is -2.53. The third-order valence-electron chi connectivity index (χ3n) is 4.90. The number of rotatable bonds is 4. The minimum absolute atomic E-state index is 0.00721. The smallest absolute Gasteiger partial charge is 0.180 e. The molecule has 1 saturated heterocycles. The Labute approximate surface area is 176 Å². The molecule has 0 bridgehead atoms. The SMILES string of the molecule is CS(=O)(=O)c1ccc2ncc(-c3nccc(N4CCC[C@@H](N=S(C)(C)=O)C4)n3)n2c1. The van der Waals surface area contributed by atoms with Crippen molar-refractivity contribution in [1.82, 2.24) is 19.4 Å². The van der Waals surface area contributed by atoms with Crippen LogP contribution >= 0.6 is 0 Å². The summed E-state index contributed by atoms with van der Waals surface area (Å²) in [6, 6.07) is 5.04. The maximum atomic E-state index is 12.1. The zero-order valence-electron chi connectivity index (χ0n) is 17.1. The van der Waals surface area contributed by atoms with Gasteiger partial charge in [0.1, 0.15) is 17.2 Å². The fourth-order valence-corrected chi connectivity index (χ4v) is 5.10. The van der Waals surface area contributed by atoms with Crippen molar-refractivity contribution in [3.05, 3.63) is 36.8 Å². The Morgan fingerprint density at radius 1 is 1.10 bits per heavy atom. The summed E-state index contributed by atoms with van der Waals surface area (Å²) in [5, 5.41) is 0. The zero-order valence-corrected chi connectivity index (χ0v) is 18.7. The first kappa shape index (κ1) is 20.7. The molecule has 1 aliphatic heterocycles. The molecule has 1 aliphatic rings.